The molecule has 2 rings (SSSR count). The van der Waals surface area contributed by atoms with Crippen LogP contribution in [0.25, 0.3) is 0 Å². The Morgan fingerprint density at radius 3 is 2.71 bits per heavy atom. The van der Waals surface area contributed by atoms with Crippen LogP contribution < -0.4 is 10.6 Å². The van der Waals surface area contributed by atoms with E-state index in [2.05, 4.69) is 4.98 Å². The highest BCUT2D eigenvalue weighted by atomic mass is 19.1. The fourth-order valence-corrected chi connectivity index (χ4v) is 1.76. The van der Waals surface area contributed by atoms with Crippen LogP contribution in [-0.4, -0.2) is 11.5 Å². The monoisotopic (exact) mass is 231 g/mol. The Morgan fingerprint density at radius 2 is 2.06 bits per heavy atom. The quantitative estimate of drug-likeness (QED) is 0.883. The average Bonchev–Trinajstić information content (AvgIpc) is 2.33. The van der Waals surface area contributed by atoms with E-state index in [-0.39, 0.29) is 5.82 Å². The lowest BCUT2D eigenvalue weighted by Crippen LogP contribution is -2.17. The van der Waals surface area contributed by atoms with Gasteiger partial charge >= 0.3 is 0 Å². The van der Waals surface area contributed by atoms with Crippen molar-refractivity contribution in [3.8, 4) is 0 Å². The van der Waals surface area contributed by atoms with Crippen LogP contribution in [-0.2, 0) is 0 Å². The second kappa shape index (κ2) is 4.82. The summed E-state index contributed by atoms with van der Waals surface area (Å²) in [4.78, 5) is 5.85. The lowest BCUT2D eigenvalue weighted by molar-refractivity contribution is 0.625. The summed E-state index contributed by atoms with van der Waals surface area (Å²) in [6, 6.07) is 8.44. The normalized spacial score (nSPS) is 10.2. The van der Waals surface area contributed by atoms with Gasteiger partial charge in [-0.3, -0.25) is 4.98 Å². The first-order chi connectivity index (χ1) is 8.22. The highest BCUT2D eigenvalue weighted by Crippen LogP contribution is 2.27. The summed E-state index contributed by atoms with van der Waals surface area (Å²) in [7, 11) is 0. The summed E-state index contributed by atoms with van der Waals surface area (Å²) < 4.78 is 13.7. The van der Waals surface area contributed by atoms with E-state index >= 15 is 0 Å². The van der Waals surface area contributed by atoms with Crippen molar-refractivity contribution in [2.75, 3.05) is 17.2 Å². The lowest BCUT2D eigenvalue weighted by Gasteiger charge is -2.23. The van der Waals surface area contributed by atoms with E-state index < -0.39 is 0 Å². The van der Waals surface area contributed by atoms with E-state index in [0.29, 0.717) is 17.9 Å². The summed E-state index contributed by atoms with van der Waals surface area (Å²) in [5.41, 5.74) is 7.57. The number of hydrogen-bond donors (Lipinski definition) is 1. The Balaban J connectivity index is 2.44. The van der Waals surface area contributed by atoms with Crippen molar-refractivity contribution in [1.82, 2.24) is 4.98 Å². The van der Waals surface area contributed by atoms with Crippen LogP contribution >= 0.6 is 0 Å². The first-order valence-electron chi connectivity index (χ1n) is 5.45. The molecule has 2 aromatic rings. The van der Waals surface area contributed by atoms with Gasteiger partial charge in [0.1, 0.15) is 5.82 Å². The van der Waals surface area contributed by atoms with Gasteiger partial charge in [0.25, 0.3) is 0 Å². The predicted molar refractivity (Wildman–Crippen MR) is 67.7 cm³/mol. The predicted octanol–water partition coefficient (Wildman–Crippen LogP) is 2.96. The molecule has 88 valence electrons. The smallest absolute Gasteiger partial charge is 0.146 e. The fraction of sp³-hybridized carbons (Fsp3) is 0.154. The minimum absolute atomic E-state index is 0.253. The van der Waals surface area contributed by atoms with Gasteiger partial charge in [-0.2, -0.15) is 0 Å². The molecule has 0 bridgehead atoms. The van der Waals surface area contributed by atoms with Crippen LogP contribution in [0, 0.1) is 5.82 Å². The average molecular weight is 231 g/mol. The molecule has 0 unspecified atom stereocenters. The van der Waals surface area contributed by atoms with Gasteiger partial charge < -0.3 is 10.6 Å². The Bertz CT molecular complexity index is 514. The number of para-hydroxylation sites is 1. The van der Waals surface area contributed by atoms with Gasteiger partial charge in [-0.05, 0) is 25.1 Å². The Kier molecular flexibility index (Phi) is 3.23. The van der Waals surface area contributed by atoms with Crippen LogP contribution in [0.4, 0.5) is 21.5 Å². The SMILES string of the molecule is CCN(c1cncc(N)c1)c1ccccc1F. The third kappa shape index (κ3) is 2.36. The van der Waals surface area contributed by atoms with E-state index in [0.717, 1.165) is 5.69 Å². The number of nitrogens with zero attached hydrogens (tertiary/aromatic N) is 2. The molecule has 1 aromatic heterocycles. The van der Waals surface area contributed by atoms with Crippen molar-refractivity contribution in [3.63, 3.8) is 0 Å². The third-order valence-corrected chi connectivity index (χ3v) is 2.52. The van der Waals surface area contributed by atoms with E-state index in [9.17, 15) is 4.39 Å². The molecule has 0 aliphatic carbocycles. The third-order valence-electron chi connectivity index (χ3n) is 2.52. The van der Waals surface area contributed by atoms with E-state index in [4.69, 9.17) is 5.73 Å². The molecule has 0 aliphatic heterocycles. The Morgan fingerprint density at radius 1 is 1.29 bits per heavy atom. The maximum atomic E-state index is 13.7. The van der Waals surface area contributed by atoms with Crippen LogP contribution in [0.15, 0.2) is 42.7 Å². The molecule has 0 atom stereocenters. The van der Waals surface area contributed by atoms with Gasteiger partial charge in [-0.25, -0.2) is 4.39 Å². The lowest BCUT2D eigenvalue weighted by atomic mass is 10.2. The maximum absolute atomic E-state index is 13.7. The number of nitrogen functional groups attached to an aromatic ring is 1. The summed E-state index contributed by atoms with van der Waals surface area (Å²) >= 11 is 0. The summed E-state index contributed by atoms with van der Waals surface area (Å²) in [6.07, 6.45) is 3.24. The number of rotatable bonds is 3. The fourth-order valence-electron chi connectivity index (χ4n) is 1.76. The zero-order valence-corrected chi connectivity index (χ0v) is 9.60. The Labute approximate surface area is 99.7 Å². The molecule has 0 amide bonds. The molecule has 0 spiro atoms. The molecular weight excluding hydrogens is 217 g/mol. The minimum Gasteiger partial charge on any atom is -0.397 e. The number of halogens is 1. The highest BCUT2D eigenvalue weighted by molar-refractivity contribution is 5.65. The van der Waals surface area contributed by atoms with Gasteiger partial charge in [-0.1, -0.05) is 12.1 Å². The van der Waals surface area contributed by atoms with E-state index in [1.54, 1.807) is 36.7 Å². The molecule has 0 radical (unpaired) electrons. The molecule has 17 heavy (non-hydrogen) atoms. The second-order valence-electron chi connectivity index (χ2n) is 3.67. The first-order valence-corrected chi connectivity index (χ1v) is 5.45. The van der Waals surface area contributed by atoms with Crippen LogP contribution in [0.5, 0.6) is 0 Å². The number of nitrogens with two attached hydrogens (primary N) is 1. The van der Waals surface area contributed by atoms with Gasteiger partial charge in [0.2, 0.25) is 0 Å². The molecule has 2 N–H and O–H groups in total. The number of hydrogen-bond acceptors (Lipinski definition) is 3. The number of benzene rings is 1. The molecule has 1 heterocycles. The molecular formula is C13H14FN3. The zero-order valence-electron chi connectivity index (χ0n) is 9.60. The van der Waals surface area contributed by atoms with E-state index in [1.165, 1.54) is 6.07 Å². The molecule has 0 saturated heterocycles. The summed E-state index contributed by atoms with van der Waals surface area (Å²) in [5.74, 6) is -0.253. The molecule has 1 aromatic carbocycles. The van der Waals surface area contributed by atoms with Gasteiger partial charge in [0.15, 0.2) is 0 Å². The summed E-state index contributed by atoms with van der Waals surface area (Å²) in [5, 5.41) is 0. The van der Waals surface area contributed by atoms with Crippen molar-refractivity contribution in [1.29, 1.82) is 0 Å². The summed E-state index contributed by atoms with van der Waals surface area (Å²) in [6.45, 7) is 2.60. The zero-order chi connectivity index (χ0) is 12.3. The second-order valence-corrected chi connectivity index (χ2v) is 3.67. The van der Waals surface area contributed by atoms with Gasteiger partial charge in [0, 0.05) is 12.7 Å². The standard InChI is InChI=1S/C13H14FN3/c1-2-17(11-7-10(15)8-16-9-11)13-6-4-3-5-12(13)14/h3-9H,2,15H2,1H3. The van der Waals surface area contributed by atoms with Crippen LogP contribution in [0.2, 0.25) is 0 Å². The molecule has 0 fully saturated rings. The van der Waals surface area contributed by atoms with Crippen molar-refractivity contribution >= 4 is 17.1 Å². The first kappa shape index (κ1) is 11.4. The van der Waals surface area contributed by atoms with E-state index in [1.807, 2.05) is 11.8 Å². The van der Waals surface area contributed by atoms with Crippen molar-refractivity contribution in [2.45, 2.75) is 6.92 Å². The van der Waals surface area contributed by atoms with Gasteiger partial charge in [0.05, 0.1) is 23.3 Å². The number of aromatic nitrogens is 1. The van der Waals surface area contributed by atoms with Crippen LogP contribution in [0.1, 0.15) is 6.92 Å². The largest absolute Gasteiger partial charge is 0.397 e. The van der Waals surface area contributed by atoms with Gasteiger partial charge in [-0.15, -0.1) is 0 Å². The molecule has 3 nitrogen and oxygen atoms in total. The Hall–Kier alpha value is -2.10. The maximum Gasteiger partial charge on any atom is 0.146 e. The molecule has 0 aliphatic rings. The molecule has 0 saturated carbocycles. The number of pyridine rings is 1. The molecule has 4 heteroatoms. The van der Waals surface area contributed by atoms with Crippen molar-refractivity contribution in [2.24, 2.45) is 0 Å². The van der Waals surface area contributed by atoms with Crippen molar-refractivity contribution in [3.05, 3.63) is 48.5 Å². The topological polar surface area (TPSA) is 42.2 Å². The van der Waals surface area contributed by atoms with Crippen LogP contribution in [0.3, 0.4) is 0 Å². The number of anilines is 3. The minimum atomic E-state index is -0.253. The highest BCUT2D eigenvalue weighted by Gasteiger charge is 2.11. The van der Waals surface area contributed by atoms with Crippen molar-refractivity contribution < 1.29 is 4.39 Å².